The van der Waals surface area contributed by atoms with Crippen LogP contribution in [0.15, 0.2) is 40.8 Å². The Bertz CT molecular complexity index is 704. The van der Waals surface area contributed by atoms with Gasteiger partial charge in [-0.3, -0.25) is 4.99 Å². The lowest BCUT2D eigenvalue weighted by Gasteiger charge is -2.35. The number of thiazole rings is 1. The molecule has 0 bridgehead atoms. The molecule has 0 saturated carbocycles. The van der Waals surface area contributed by atoms with Crippen LogP contribution in [-0.4, -0.2) is 62.3 Å². The van der Waals surface area contributed by atoms with Crippen molar-refractivity contribution < 1.29 is 9.47 Å². The van der Waals surface area contributed by atoms with Crippen LogP contribution in [0.1, 0.15) is 12.0 Å². The number of piperazine rings is 1. The number of guanidine groups is 1. The van der Waals surface area contributed by atoms with Gasteiger partial charge in [0.1, 0.15) is 5.75 Å². The summed E-state index contributed by atoms with van der Waals surface area (Å²) in [6.07, 6.45) is 2.70. The van der Waals surface area contributed by atoms with E-state index < -0.39 is 0 Å². The second-order valence-electron chi connectivity index (χ2n) is 6.28. The van der Waals surface area contributed by atoms with E-state index in [1.54, 1.807) is 18.4 Å². The number of benzene rings is 1. The molecule has 154 valence electrons. The Kier molecular flexibility index (Phi) is 9.79. The van der Waals surface area contributed by atoms with Crippen molar-refractivity contribution in [3.05, 3.63) is 41.4 Å². The highest BCUT2D eigenvalue weighted by Gasteiger charge is 2.19. The standard InChI is InChI=1S/C19H27N5O2S.HI/c1-25-17-5-3-16(4-6-17)15-26-13-2-7-21-18(20)23-9-11-24(12-10-23)19-22-8-14-27-19;/h3-6,8,14H,2,7,9-13,15H2,1H3,(H2,20,21);1H. The molecule has 1 saturated heterocycles. The molecule has 1 aliphatic rings. The minimum Gasteiger partial charge on any atom is -0.497 e. The average Bonchev–Trinajstić information content (AvgIpc) is 3.26. The normalized spacial score (nSPS) is 14.7. The minimum absolute atomic E-state index is 0. The topological polar surface area (TPSA) is 76.2 Å². The molecule has 0 radical (unpaired) electrons. The van der Waals surface area contributed by atoms with Gasteiger partial charge in [0, 0.05) is 50.9 Å². The van der Waals surface area contributed by atoms with Gasteiger partial charge in [0.15, 0.2) is 11.1 Å². The molecule has 1 fully saturated rings. The quantitative estimate of drug-likeness (QED) is 0.251. The van der Waals surface area contributed by atoms with E-state index in [1.165, 1.54) is 0 Å². The van der Waals surface area contributed by atoms with E-state index in [-0.39, 0.29) is 24.0 Å². The van der Waals surface area contributed by atoms with Crippen LogP contribution < -0.4 is 15.4 Å². The van der Waals surface area contributed by atoms with Crippen LogP contribution in [0, 0.1) is 0 Å². The number of nitrogens with two attached hydrogens (primary N) is 1. The molecule has 7 nitrogen and oxygen atoms in total. The van der Waals surface area contributed by atoms with Gasteiger partial charge >= 0.3 is 0 Å². The number of aliphatic imine (C=N–C) groups is 1. The van der Waals surface area contributed by atoms with Crippen molar-refractivity contribution in [2.75, 3.05) is 51.3 Å². The summed E-state index contributed by atoms with van der Waals surface area (Å²) in [6.45, 7) is 5.55. The third-order valence-electron chi connectivity index (χ3n) is 4.44. The van der Waals surface area contributed by atoms with E-state index in [2.05, 4.69) is 19.8 Å². The maximum Gasteiger partial charge on any atom is 0.191 e. The lowest BCUT2D eigenvalue weighted by Crippen LogP contribution is -2.51. The van der Waals surface area contributed by atoms with Crippen LogP contribution in [0.25, 0.3) is 0 Å². The first kappa shape index (κ1) is 22.7. The molecule has 0 spiro atoms. The van der Waals surface area contributed by atoms with Crippen LogP contribution in [0.4, 0.5) is 5.13 Å². The SMILES string of the molecule is COc1ccc(COCCCN=C(N)N2CCN(c3nccs3)CC2)cc1.I. The molecule has 0 aliphatic carbocycles. The van der Waals surface area contributed by atoms with Crippen LogP contribution in [0.5, 0.6) is 5.75 Å². The number of rotatable bonds is 8. The van der Waals surface area contributed by atoms with Gasteiger partial charge < -0.3 is 25.0 Å². The van der Waals surface area contributed by atoms with Crippen molar-refractivity contribution in [1.82, 2.24) is 9.88 Å². The molecule has 9 heteroatoms. The number of methoxy groups -OCH3 is 1. The van der Waals surface area contributed by atoms with Gasteiger partial charge in [-0.25, -0.2) is 4.98 Å². The van der Waals surface area contributed by atoms with E-state index >= 15 is 0 Å². The average molecular weight is 517 g/mol. The number of nitrogens with zero attached hydrogens (tertiary/aromatic N) is 4. The predicted octanol–water partition coefficient (Wildman–Crippen LogP) is 2.81. The summed E-state index contributed by atoms with van der Waals surface area (Å²) in [6, 6.07) is 7.91. The first-order chi connectivity index (χ1) is 13.3. The molecular formula is C19H28IN5O2S. The van der Waals surface area contributed by atoms with Crippen LogP contribution >= 0.6 is 35.3 Å². The molecule has 0 unspecified atom stereocenters. The summed E-state index contributed by atoms with van der Waals surface area (Å²) in [5, 5.41) is 3.09. The number of ether oxygens (including phenoxy) is 2. The summed E-state index contributed by atoms with van der Waals surface area (Å²) in [4.78, 5) is 13.3. The maximum atomic E-state index is 6.14. The van der Waals surface area contributed by atoms with E-state index in [1.807, 2.05) is 35.8 Å². The van der Waals surface area contributed by atoms with Gasteiger partial charge in [0.05, 0.1) is 13.7 Å². The van der Waals surface area contributed by atoms with Crippen LogP contribution in [0.2, 0.25) is 0 Å². The summed E-state index contributed by atoms with van der Waals surface area (Å²) in [5.41, 5.74) is 7.27. The zero-order valence-corrected chi connectivity index (χ0v) is 19.3. The molecule has 2 aromatic rings. The molecule has 3 rings (SSSR count). The Morgan fingerprint density at radius 1 is 1.21 bits per heavy atom. The second-order valence-corrected chi connectivity index (χ2v) is 7.16. The van der Waals surface area contributed by atoms with Crippen molar-refractivity contribution in [3.63, 3.8) is 0 Å². The molecule has 0 amide bonds. The molecule has 2 N–H and O–H groups in total. The van der Waals surface area contributed by atoms with Crippen LogP contribution in [0.3, 0.4) is 0 Å². The van der Waals surface area contributed by atoms with Crippen molar-refractivity contribution in [2.45, 2.75) is 13.0 Å². The van der Waals surface area contributed by atoms with E-state index in [4.69, 9.17) is 15.2 Å². The molecular weight excluding hydrogens is 489 g/mol. The molecule has 1 aliphatic heterocycles. The summed E-state index contributed by atoms with van der Waals surface area (Å²) < 4.78 is 10.8. The third-order valence-corrected chi connectivity index (χ3v) is 5.27. The van der Waals surface area contributed by atoms with Crippen molar-refractivity contribution in [3.8, 4) is 5.75 Å². The van der Waals surface area contributed by atoms with Gasteiger partial charge in [-0.1, -0.05) is 12.1 Å². The third kappa shape index (κ3) is 6.78. The first-order valence-electron chi connectivity index (χ1n) is 9.16. The first-order valence-corrected chi connectivity index (χ1v) is 10.0. The number of hydrogen-bond acceptors (Lipinski definition) is 6. The highest BCUT2D eigenvalue weighted by atomic mass is 127. The van der Waals surface area contributed by atoms with Gasteiger partial charge in [-0.15, -0.1) is 35.3 Å². The van der Waals surface area contributed by atoms with E-state index in [0.717, 1.165) is 49.0 Å². The molecule has 1 aromatic heterocycles. The Morgan fingerprint density at radius 3 is 2.61 bits per heavy atom. The highest BCUT2D eigenvalue weighted by Crippen LogP contribution is 2.18. The van der Waals surface area contributed by atoms with Crippen molar-refractivity contribution >= 4 is 46.4 Å². The molecule has 28 heavy (non-hydrogen) atoms. The fourth-order valence-electron chi connectivity index (χ4n) is 2.87. The maximum absolute atomic E-state index is 6.14. The van der Waals surface area contributed by atoms with Gasteiger partial charge in [0.2, 0.25) is 0 Å². The fraction of sp³-hybridized carbons (Fsp3) is 0.474. The smallest absolute Gasteiger partial charge is 0.191 e. The van der Waals surface area contributed by atoms with Gasteiger partial charge in [-0.2, -0.15) is 0 Å². The van der Waals surface area contributed by atoms with Gasteiger partial charge in [0.25, 0.3) is 0 Å². The molecule has 2 heterocycles. The Hall–Kier alpha value is -1.59. The monoisotopic (exact) mass is 517 g/mol. The van der Waals surface area contributed by atoms with E-state index in [9.17, 15) is 0 Å². The number of anilines is 1. The zero-order chi connectivity index (χ0) is 18.9. The summed E-state index contributed by atoms with van der Waals surface area (Å²) in [7, 11) is 1.67. The van der Waals surface area contributed by atoms with Crippen molar-refractivity contribution in [2.24, 2.45) is 10.7 Å². The Labute approximate surface area is 187 Å². The highest BCUT2D eigenvalue weighted by molar-refractivity contribution is 14.0. The molecule has 1 aromatic carbocycles. The lowest BCUT2D eigenvalue weighted by atomic mass is 10.2. The Balaban J connectivity index is 0.00000280. The second kappa shape index (κ2) is 12.1. The Morgan fingerprint density at radius 2 is 1.96 bits per heavy atom. The van der Waals surface area contributed by atoms with Crippen molar-refractivity contribution in [1.29, 1.82) is 0 Å². The van der Waals surface area contributed by atoms with Crippen LogP contribution in [-0.2, 0) is 11.3 Å². The summed E-state index contributed by atoms with van der Waals surface area (Å²) >= 11 is 1.68. The molecule has 0 atom stereocenters. The predicted molar refractivity (Wildman–Crippen MR) is 125 cm³/mol. The number of halogens is 1. The number of hydrogen-bond donors (Lipinski definition) is 1. The minimum atomic E-state index is 0. The van der Waals surface area contributed by atoms with Gasteiger partial charge in [-0.05, 0) is 24.1 Å². The zero-order valence-electron chi connectivity index (χ0n) is 16.1. The van der Waals surface area contributed by atoms with E-state index in [0.29, 0.717) is 25.7 Å². The number of aromatic nitrogens is 1. The largest absolute Gasteiger partial charge is 0.497 e. The lowest BCUT2D eigenvalue weighted by molar-refractivity contribution is 0.120. The summed E-state index contributed by atoms with van der Waals surface area (Å²) in [5.74, 6) is 1.49. The fourth-order valence-corrected chi connectivity index (χ4v) is 3.57.